The maximum absolute atomic E-state index is 13.1. The molecule has 0 bridgehead atoms. The maximum atomic E-state index is 13.1. The lowest BCUT2D eigenvalue weighted by Gasteiger charge is -2.13. The Morgan fingerprint density at radius 3 is 2.22 bits per heavy atom. The zero-order valence-electron chi connectivity index (χ0n) is 18.2. The highest BCUT2D eigenvalue weighted by Crippen LogP contribution is 2.36. The minimum absolute atomic E-state index is 0.132. The molecular formula is C25H26O7. The monoisotopic (exact) mass is 438 g/mol. The molecule has 2 rings (SSSR count). The molecule has 0 aliphatic heterocycles. The molecule has 0 unspecified atom stereocenters. The zero-order valence-corrected chi connectivity index (χ0v) is 18.2. The van der Waals surface area contributed by atoms with E-state index in [4.69, 9.17) is 0 Å². The van der Waals surface area contributed by atoms with Crippen molar-refractivity contribution in [3.05, 3.63) is 75.4 Å². The largest absolute Gasteiger partial charge is 0.507 e. The fourth-order valence-corrected chi connectivity index (χ4v) is 3.24. The fourth-order valence-electron chi connectivity index (χ4n) is 3.24. The quantitative estimate of drug-likeness (QED) is 0.252. The van der Waals surface area contributed by atoms with Crippen molar-refractivity contribution in [2.24, 2.45) is 0 Å². The summed E-state index contributed by atoms with van der Waals surface area (Å²) in [5.74, 6) is -4.42. The van der Waals surface area contributed by atoms with Gasteiger partial charge in [0.15, 0.2) is 0 Å². The molecule has 0 aromatic heterocycles. The molecule has 0 amide bonds. The second kappa shape index (κ2) is 10.4. The first kappa shape index (κ1) is 24.4. The number of aromatic hydroxyl groups is 3. The number of carbonyl (C=O) groups excluding carboxylic acids is 2. The van der Waals surface area contributed by atoms with E-state index in [1.54, 1.807) is 0 Å². The summed E-state index contributed by atoms with van der Waals surface area (Å²) in [6.45, 7) is 5.99. The van der Waals surface area contributed by atoms with Crippen molar-refractivity contribution in [3.8, 4) is 17.2 Å². The van der Waals surface area contributed by atoms with Crippen LogP contribution in [0.1, 0.15) is 75.8 Å². The van der Waals surface area contributed by atoms with Crippen molar-refractivity contribution < 1.29 is 34.8 Å². The van der Waals surface area contributed by atoms with Gasteiger partial charge in [0.2, 0.25) is 5.78 Å². The van der Waals surface area contributed by atoms with Gasteiger partial charge in [-0.05, 0) is 63.8 Å². The summed E-state index contributed by atoms with van der Waals surface area (Å²) in [6.07, 6.45) is 6.35. The Labute approximate surface area is 186 Å². The number of allylic oxidation sites excluding steroid dienone is 4. The molecule has 0 aliphatic carbocycles. The number of benzene rings is 2. The number of hydrogen-bond acceptors (Lipinski definition) is 6. The third-order valence-electron chi connectivity index (χ3n) is 4.96. The number of rotatable bonds is 9. The number of carboxylic acids is 1. The Bertz CT molecular complexity index is 1120. The van der Waals surface area contributed by atoms with Crippen molar-refractivity contribution in [3.63, 3.8) is 0 Å². The average Bonchev–Trinajstić information content (AvgIpc) is 2.72. The van der Waals surface area contributed by atoms with Crippen LogP contribution in [0.5, 0.6) is 17.2 Å². The molecule has 4 N–H and O–H groups in total. The van der Waals surface area contributed by atoms with E-state index in [2.05, 4.69) is 6.08 Å². The Morgan fingerprint density at radius 1 is 0.938 bits per heavy atom. The van der Waals surface area contributed by atoms with E-state index in [0.29, 0.717) is 11.8 Å². The lowest BCUT2D eigenvalue weighted by molar-refractivity contribution is 0.0692. The van der Waals surface area contributed by atoms with Gasteiger partial charge < -0.3 is 20.4 Å². The summed E-state index contributed by atoms with van der Waals surface area (Å²) < 4.78 is 0. The molecule has 0 aliphatic rings. The molecule has 0 heterocycles. The molecule has 7 nitrogen and oxygen atoms in total. The highest BCUT2D eigenvalue weighted by molar-refractivity contribution is 6.18. The van der Waals surface area contributed by atoms with E-state index < -0.39 is 45.7 Å². The van der Waals surface area contributed by atoms with Gasteiger partial charge in [-0.25, -0.2) is 4.79 Å². The van der Waals surface area contributed by atoms with E-state index in [9.17, 15) is 34.8 Å². The summed E-state index contributed by atoms with van der Waals surface area (Å²) in [5, 5.41) is 40.6. The lowest BCUT2D eigenvalue weighted by Crippen LogP contribution is -2.12. The first-order valence-corrected chi connectivity index (χ1v) is 9.99. The molecule has 168 valence electrons. The Morgan fingerprint density at radius 2 is 1.62 bits per heavy atom. The van der Waals surface area contributed by atoms with E-state index >= 15 is 0 Å². The SMILES string of the molecule is CC(C)=CCC/C(C)=C/Cc1ccc(O)c(C(=O)c2c(O)cc(C=O)cc2C(=O)O)c1O. The summed E-state index contributed by atoms with van der Waals surface area (Å²) in [4.78, 5) is 35.7. The van der Waals surface area contributed by atoms with E-state index in [0.717, 1.165) is 30.5 Å². The van der Waals surface area contributed by atoms with Crippen LogP contribution in [-0.2, 0) is 6.42 Å². The van der Waals surface area contributed by atoms with Crippen LogP contribution in [0.25, 0.3) is 0 Å². The van der Waals surface area contributed by atoms with Crippen molar-refractivity contribution >= 4 is 18.0 Å². The van der Waals surface area contributed by atoms with E-state index in [-0.39, 0.29) is 12.0 Å². The number of aldehydes is 1. The van der Waals surface area contributed by atoms with Crippen LogP contribution in [0.15, 0.2) is 47.6 Å². The fraction of sp³-hybridized carbons (Fsp3) is 0.240. The summed E-state index contributed by atoms with van der Waals surface area (Å²) >= 11 is 0. The zero-order chi connectivity index (χ0) is 24.0. The van der Waals surface area contributed by atoms with Crippen LogP contribution in [0, 0.1) is 0 Å². The molecule has 2 aromatic rings. The molecule has 2 aromatic carbocycles. The Kier molecular flexibility index (Phi) is 7.96. The minimum Gasteiger partial charge on any atom is -0.507 e. The average molecular weight is 438 g/mol. The molecule has 0 saturated heterocycles. The van der Waals surface area contributed by atoms with Crippen LogP contribution in [-0.4, -0.2) is 38.5 Å². The first-order chi connectivity index (χ1) is 15.1. The number of carboxylic acid groups (broad SMARTS) is 1. The van der Waals surface area contributed by atoms with Crippen LogP contribution in [0.2, 0.25) is 0 Å². The first-order valence-electron chi connectivity index (χ1n) is 9.99. The normalized spacial score (nSPS) is 11.2. The Hall–Kier alpha value is -3.87. The van der Waals surface area contributed by atoms with Crippen molar-refractivity contribution in [2.75, 3.05) is 0 Å². The highest BCUT2D eigenvalue weighted by atomic mass is 16.4. The number of aromatic carboxylic acids is 1. The highest BCUT2D eigenvalue weighted by Gasteiger charge is 2.28. The van der Waals surface area contributed by atoms with Crippen LogP contribution < -0.4 is 0 Å². The molecule has 0 atom stereocenters. The molecular weight excluding hydrogens is 412 g/mol. The third-order valence-corrected chi connectivity index (χ3v) is 4.96. The summed E-state index contributed by atoms with van der Waals surface area (Å²) in [6, 6.07) is 4.59. The van der Waals surface area contributed by atoms with Crippen LogP contribution in [0.4, 0.5) is 0 Å². The second-order valence-electron chi connectivity index (χ2n) is 7.76. The molecule has 0 fully saturated rings. The van der Waals surface area contributed by atoms with Crippen LogP contribution in [0.3, 0.4) is 0 Å². The van der Waals surface area contributed by atoms with Gasteiger partial charge in [-0.3, -0.25) is 9.59 Å². The molecule has 32 heavy (non-hydrogen) atoms. The van der Waals surface area contributed by atoms with Crippen molar-refractivity contribution in [1.29, 1.82) is 0 Å². The predicted molar refractivity (Wildman–Crippen MR) is 120 cm³/mol. The minimum atomic E-state index is -1.54. The van der Waals surface area contributed by atoms with Gasteiger partial charge in [0.1, 0.15) is 29.1 Å². The number of ketones is 1. The molecule has 0 saturated carbocycles. The number of phenolic OH excluding ortho intramolecular Hbond substituents is 3. The topological polar surface area (TPSA) is 132 Å². The van der Waals surface area contributed by atoms with E-state index in [1.165, 1.54) is 17.7 Å². The third kappa shape index (κ3) is 5.63. The number of hydrogen-bond donors (Lipinski definition) is 4. The van der Waals surface area contributed by atoms with Crippen molar-refractivity contribution in [2.45, 2.75) is 40.0 Å². The van der Waals surface area contributed by atoms with Gasteiger partial charge in [0.25, 0.3) is 0 Å². The second-order valence-corrected chi connectivity index (χ2v) is 7.76. The number of phenols is 3. The smallest absolute Gasteiger partial charge is 0.336 e. The van der Waals surface area contributed by atoms with Crippen molar-refractivity contribution in [1.82, 2.24) is 0 Å². The van der Waals surface area contributed by atoms with E-state index in [1.807, 2.05) is 26.8 Å². The predicted octanol–water partition coefficient (Wildman–Crippen LogP) is 4.78. The van der Waals surface area contributed by atoms with Gasteiger partial charge in [0.05, 0.1) is 11.1 Å². The standard InChI is InChI=1S/C25H26O7/c1-14(2)5-4-6-15(3)7-8-17-9-10-19(27)22(23(17)29)24(30)21-18(25(31)32)11-16(13-26)12-20(21)28/h5,7,9-13,27-29H,4,6,8H2,1-3H3,(H,31,32)/b15-7+. The lowest BCUT2D eigenvalue weighted by atomic mass is 9.92. The maximum Gasteiger partial charge on any atom is 0.336 e. The summed E-state index contributed by atoms with van der Waals surface area (Å²) in [7, 11) is 0. The molecule has 7 heteroatoms. The Balaban J connectivity index is 2.46. The van der Waals surface area contributed by atoms with Gasteiger partial charge in [-0.1, -0.05) is 29.4 Å². The summed E-state index contributed by atoms with van der Waals surface area (Å²) in [5.41, 5.74) is 0.770. The molecule has 0 spiro atoms. The van der Waals surface area contributed by atoms with Gasteiger partial charge in [-0.15, -0.1) is 0 Å². The van der Waals surface area contributed by atoms with Crippen LogP contribution >= 0.6 is 0 Å². The number of carbonyl (C=O) groups is 3. The van der Waals surface area contributed by atoms with Gasteiger partial charge in [-0.2, -0.15) is 0 Å². The molecule has 0 radical (unpaired) electrons. The van der Waals surface area contributed by atoms with Gasteiger partial charge in [0, 0.05) is 5.56 Å². The van der Waals surface area contributed by atoms with Gasteiger partial charge >= 0.3 is 5.97 Å².